The number of esters is 1. The van der Waals surface area contributed by atoms with Crippen LogP contribution in [-0.4, -0.2) is 69.1 Å². The van der Waals surface area contributed by atoms with Gasteiger partial charge in [-0.15, -0.1) is 0 Å². The maximum Gasteiger partial charge on any atom is 0.333 e. The third-order valence-corrected chi connectivity index (χ3v) is 2.06. The predicted octanol–water partition coefficient (Wildman–Crippen LogP) is -2.46. The van der Waals surface area contributed by atoms with E-state index in [1.54, 1.807) is 0 Å². The van der Waals surface area contributed by atoms with Gasteiger partial charge in [0.25, 0.3) is 0 Å². The van der Waals surface area contributed by atoms with Gasteiger partial charge in [-0.2, -0.15) is 0 Å². The number of carbonyl (C=O) groups is 1. The number of aliphatic hydroxyl groups excluding tert-OH is 5. The summed E-state index contributed by atoms with van der Waals surface area (Å²) in [4.78, 5) is 11.0. The summed E-state index contributed by atoms with van der Waals surface area (Å²) >= 11 is 0. The number of aliphatic hydroxyl groups is 5. The molecule has 0 aliphatic heterocycles. The highest BCUT2D eigenvalue weighted by Crippen LogP contribution is 2.06. The molecule has 100 valence electrons. The van der Waals surface area contributed by atoms with Gasteiger partial charge in [0.15, 0.2) is 0 Å². The summed E-state index contributed by atoms with van der Waals surface area (Å²) in [6.07, 6.45) is -6.64. The first-order valence-corrected chi connectivity index (χ1v) is 4.97. The fourth-order valence-corrected chi connectivity index (χ4v) is 0.946. The van der Waals surface area contributed by atoms with E-state index in [0.717, 1.165) is 0 Å². The second-order valence-corrected chi connectivity index (χ2v) is 3.68. The van der Waals surface area contributed by atoms with Crippen LogP contribution in [0.1, 0.15) is 6.92 Å². The average molecular weight is 250 g/mol. The Morgan fingerprint density at radius 3 is 2.06 bits per heavy atom. The number of hydrogen-bond acceptors (Lipinski definition) is 7. The van der Waals surface area contributed by atoms with E-state index in [9.17, 15) is 20.1 Å². The molecule has 0 heterocycles. The standard InChI is InChI=1S/C10H18O7/c1-5(2)10(16)17-4-7(13)9(15)8(14)6(12)3-11/h6-9,11-15H,1,3-4H2,2H3/t6-,7+,8+,9+/m0/s1. The molecule has 0 aliphatic rings. The highest BCUT2D eigenvalue weighted by atomic mass is 16.5. The zero-order valence-corrected chi connectivity index (χ0v) is 9.48. The number of hydrogen-bond donors (Lipinski definition) is 5. The van der Waals surface area contributed by atoms with E-state index in [-0.39, 0.29) is 5.57 Å². The lowest BCUT2D eigenvalue weighted by atomic mass is 10.0. The van der Waals surface area contributed by atoms with Gasteiger partial charge in [0.05, 0.1) is 6.61 Å². The third-order valence-electron chi connectivity index (χ3n) is 2.06. The summed E-state index contributed by atoms with van der Waals surface area (Å²) in [6.45, 7) is 3.40. The Bertz CT molecular complexity index is 265. The minimum atomic E-state index is -1.74. The van der Waals surface area contributed by atoms with Crippen molar-refractivity contribution in [2.45, 2.75) is 31.3 Å². The molecule has 0 amide bonds. The number of ether oxygens (including phenoxy) is 1. The number of carbonyl (C=O) groups excluding carboxylic acids is 1. The topological polar surface area (TPSA) is 127 Å². The molecule has 17 heavy (non-hydrogen) atoms. The predicted molar refractivity (Wildman–Crippen MR) is 56.9 cm³/mol. The van der Waals surface area contributed by atoms with E-state index < -0.39 is 43.6 Å². The Kier molecular flexibility index (Phi) is 6.93. The van der Waals surface area contributed by atoms with Gasteiger partial charge in [0.2, 0.25) is 0 Å². The molecule has 7 heteroatoms. The summed E-state index contributed by atoms with van der Waals surface area (Å²) in [5.74, 6) is -0.742. The van der Waals surface area contributed by atoms with Gasteiger partial charge in [0, 0.05) is 5.57 Å². The average Bonchev–Trinajstić information content (AvgIpc) is 2.32. The molecule has 0 aromatic rings. The monoisotopic (exact) mass is 250 g/mol. The fraction of sp³-hybridized carbons (Fsp3) is 0.700. The Hall–Kier alpha value is -0.990. The molecule has 0 aromatic carbocycles. The van der Waals surface area contributed by atoms with Crippen molar-refractivity contribution < 1.29 is 35.1 Å². The Labute approximate surface area is 98.6 Å². The SMILES string of the molecule is C=C(C)C(=O)OC[C@@H](O)[C@@H](O)[C@H](O)[C@@H](O)CO. The molecule has 0 aromatic heterocycles. The van der Waals surface area contributed by atoms with Crippen LogP contribution in [0.15, 0.2) is 12.2 Å². The smallest absolute Gasteiger partial charge is 0.333 e. The van der Waals surface area contributed by atoms with Crippen molar-refractivity contribution in [1.82, 2.24) is 0 Å². The molecule has 0 saturated carbocycles. The van der Waals surface area contributed by atoms with Crippen LogP contribution in [-0.2, 0) is 9.53 Å². The first-order chi connectivity index (χ1) is 7.81. The lowest BCUT2D eigenvalue weighted by molar-refractivity contribution is -0.152. The second kappa shape index (κ2) is 7.36. The zero-order valence-electron chi connectivity index (χ0n) is 9.48. The molecule has 0 radical (unpaired) electrons. The Morgan fingerprint density at radius 1 is 1.18 bits per heavy atom. The quantitative estimate of drug-likeness (QED) is 0.250. The van der Waals surface area contributed by atoms with Crippen LogP contribution in [0.2, 0.25) is 0 Å². The van der Waals surface area contributed by atoms with Gasteiger partial charge < -0.3 is 30.3 Å². The van der Waals surface area contributed by atoms with Gasteiger partial charge in [0.1, 0.15) is 31.0 Å². The molecule has 0 aliphatic carbocycles. The highest BCUT2D eigenvalue weighted by molar-refractivity contribution is 5.86. The highest BCUT2D eigenvalue weighted by Gasteiger charge is 2.30. The van der Waals surface area contributed by atoms with Crippen molar-refractivity contribution in [3.05, 3.63) is 12.2 Å². The molecular formula is C10H18O7. The van der Waals surface area contributed by atoms with E-state index in [1.165, 1.54) is 6.92 Å². The maximum atomic E-state index is 11.0. The molecule has 7 nitrogen and oxygen atoms in total. The van der Waals surface area contributed by atoms with Gasteiger partial charge in [-0.3, -0.25) is 0 Å². The normalized spacial score (nSPS) is 18.0. The van der Waals surface area contributed by atoms with Gasteiger partial charge in [-0.1, -0.05) is 6.58 Å². The third kappa shape index (κ3) is 5.24. The van der Waals surface area contributed by atoms with E-state index in [2.05, 4.69) is 11.3 Å². The summed E-state index contributed by atoms with van der Waals surface area (Å²) in [7, 11) is 0. The molecule has 0 fully saturated rings. The largest absolute Gasteiger partial charge is 0.459 e. The first kappa shape index (κ1) is 16.0. The molecular weight excluding hydrogens is 232 g/mol. The number of rotatable bonds is 7. The molecule has 4 atom stereocenters. The van der Waals surface area contributed by atoms with Crippen LogP contribution >= 0.6 is 0 Å². The second-order valence-electron chi connectivity index (χ2n) is 3.68. The summed E-state index contributed by atoms with van der Waals surface area (Å²) in [5.41, 5.74) is 0.127. The minimum absolute atomic E-state index is 0.127. The van der Waals surface area contributed by atoms with Gasteiger partial charge in [-0.25, -0.2) is 4.79 Å². The molecule has 0 spiro atoms. The Morgan fingerprint density at radius 2 is 1.65 bits per heavy atom. The zero-order chi connectivity index (χ0) is 13.6. The van der Waals surface area contributed by atoms with E-state index >= 15 is 0 Å². The molecule has 5 N–H and O–H groups in total. The van der Waals surface area contributed by atoms with Crippen LogP contribution < -0.4 is 0 Å². The van der Waals surface area contributed by atoms with Crippen molar-refractivity contribution in [2.75, 3.05) is 13.2 Å². The van der Waals surface area contributed by atoms with Crippen molar-refractivity contribution in [3.8, 4) is 0 Å². The lowest BCUT2D eigenvalue weighted by Crippen LogP contribution is -2.47. The van der Waals surface area contributed by atoms with Crippen molar-refractivity contribution in [1.29, 1.82) is 0 Å². The molecule has 0 bridgehead atoms. The van der Waals surface area contributed by atoms with E-state index in [1.807, 2.05) is 0 Å². The molecule has 0 saturated heterocycles. The van der Waals surface area contributed by atoms with Crippen LogP contribution in [0, 0.1) is 0 Å². The van der Waals surface area contributed by atoms with Crippen molar-refractivity contribution in [3.63, 3.8) is 0 Å². The van der Waals surface area contributed by atoms with Gasteiger partial charge >= 0.3 is 5.97 Å². The summed E-state index contributed by atoms with van der Waals surface area (Å²) in [5, 5.41) is 45.5. The maximum absolute atomic E-state index is 11.0. The fourth-order valence-electron chi connectivity index (χ4n) is 0.946. The van der Waals surface area contributed by atoms with Crippen molar-refractivity contribution >= 4 is 5.97 Å². The van der Waals surface area contributed by atoms with E-state index in [0.29, 0.717) is 0 Å². The summed E-state index contributed by atoms with van der Waals surface area (Å²) < 4.78 is 4.55. The van der Waals surface area contributed by atoms with E-state index in [4.69, 9.17) is 10.2 Å². The van der Waals surface area contributed by atoms with Gasteiger partial charge in [-0.05, 0) is 6.92 Å². The van der Waals surface area contributed by atoms with Crippen LogP contribution in [0.3, 0.4) is 0 Å². The first-order valence-electron chi connectivity index (χ1n) is 4.97. The van der Waals surface area contributed by atoms with Crippen LogP contribution in [0.5, 0.6) is 0 Å². The molecule has 0 unspecified atom stereocenters. The molecule has 0 rings (SSSR count). The van der Waals surface area contributed by atoms with Crippen LogP contribution in [0.25, 0.3) is 0 Å². The van der Waals surface area contributed by atoms with Crippen molar-refractivity contribution in [2.24, 2.45) is 0 Å². The summed E-state index contributed by atoms with van der Waals surface area (Å²) in [6, 6.07) is 0. The minimum Gasteiger partial charge on any atom is -0.459 e. The lowest BCUT2D eigenvalue weighted by Gasteiger charge is -2.25. The Balaban J connectivity index is 4.18. The van der Waals surface area contributed by atoms with Crippen LogP contribution in [0.4, 0.5) is 0 Å².